The van der Waals surface area contributed by atoms with E-state index in [-0.39, 0.29) is 38.6 Å². The van der Waals surface area contributed by atoms with Crippen molar-refractivity contribution in [3.63, 3.8) is 0 Å². The normalized spacial score (nSPS) is 13.5. The molecule has 0 aromatic carbocycles. The molecule has 0 fully saturated rings. The van der Waals surface area contributed by atoms with Crippen molar-refractivity contribution >= 4 is 19.8 Å². The number of carbonyl (C=O) groups is 2. The number of phosphoric acid groups is 1. The lowest BCUT2D eigenvalue weighted by molar-refractivity contribution is -0.161. The SMILES string of the molecule is CCCCCC/C=C\CCCCCCCCCC(=O)O[C@H](COC(=O)CCCCCCCCCCC/C=C\CCCCCCCC)COP(=O)(O)OCCN. The van der Waals surface area contributed by atoms with E-state index in [0.29, 0.717) is 6.42 Å². The van der Waals surface area contributed by atoms with Crippen LogP contribution in [-0.4, -0.2) is 49.3 Å². The highest BCUT2D eigenvalue weighted by Crippen LogP contribution is 2.43. The number of phosphoric ester groups is 1. The van der Waals surface area contributed by atoms with Gasteiger partial charge in [0, 0.05) is 19.4 Å². The number of hydrogen-bond donors (Lipinski definition) is 2. The lowest BCUT2D eigenvalue weighted by Gasteiger charge is -2.19. The van der Waals surface area contributed by atoms with Gasteiger partial charge in [-0.3, -0.25) is 18.6 Å². The number of carbonyl (C=O) groups excluding carboxylic acids is 2. The van der Waals surface area contributed by atoms with E-state index in [1.807, 2.05) is 0 Å². The fourth-order valence-electron chi connectivity index (χ4n) is 6.39. The van der Waals surface area contributed by atoms with Crippen molar-refractivity contribution in [2.45, 2.75) is 225 Å². The van der Waals surface area contributed by atoms with Crippen LogP contribution in [0.15, 0.2) is 24.3 Å². The molecular formula is C45H86NO8P. The molecule has 55 heavy (non-hydrogen) atoms. The molecule has 0 bridgehead atoms. The Balaban J connectivity index is 4.10. The molecule has 1 unspecified atom stereocenters. The summed E-state index contributed by atoms with van der Waals surface area (Å²) in [6.07, 6.45) is 44.9. The molecule has 324 valence electrons. The van der Waals surface area contributed by atoms with Crippen molar-refractivity contribution in [1.29, 1.82) is 0 Å². The molecule has 9 nitrogen and oxygen atoms in total. The average Bonchev–Trinajstić information content (AvgIpc) is 3.17. The number of rotatable bonds is 43. The predicted octanol–water partition coefficient (Wildman–Crippen LogP) is 13.2. The number of allylic oxidation sites excluding steroid dienone is 4. The van der Waals surface area contributed by atoms with E-state index >= 15 is 0 Å². The first-order valence-corrected chi connectivity index (χ1v) is 24.3. The van der Waals surface area contributed by atoms with Crippen LogP contribution in [0.2, 0.25) is 0 Å². The number of esters is 2. The minimum absolute atomic E-state index is 0.0536. The molecule has 0 radical (unpaired) electrons. The molecular weight excluding hydrogens is 713 g/mol. The van der Waals surface area contributed by atoms with Gasteiger partial charge in [0.1, 0.15) is 6.61 Å². The molecule has 0 amide bonds. The fourth-order valence-corrected chi connectivity index (χ4v) is 7.15. The van der Waals surface area contributed by atoms with Gasteiger partial charge in [0.25, 0.3) is 0 Å². The molecule has 0 heterocycles. The summed E-state index contributed by atoms with van der Waals surface area (Å²) in [6, 6.07) is 0. The van der Waals surface area contributed by atoms with Gasteiger partial charge in [0.2, 0.25) is 0 Å². The lowest BCUT2D eigenvalue weighted by atomic mass is 10.1. The Hall–Kier alpha value is -1.51. The Bertz CT molecular complexity index is 959. The van der Waals surface area contributed by atoms with Crippen molar-refractivity contribution in [2.24, 2.45) is 5.73 Å². The molecule has 0 spiro atoms. The second-order valence-electron chi connectivity index (χ2n) is 15.3. The van der Waals surface area contributed by atoms with Crippen LogP contribution in [0.5, 0.6) is 0 Å². The maximum atomic E-state index is 12.6. The van der Waals surface area contributed by atoms with Gasteiger partial charge in [0.05, 0.1) is 13.2 Å². The van der Waals surface area contributed by atoms with Crippen molar-refractivity contribution < 1.29 is 37.6 Å². The molecule has 0 aliphatic carbocycles. The lowest BCUT2D eigenvalue weighted by Crippen LogP contribution is -2.29. The van der Waals surface area contributed by atoms with Gasteiger partial charge in [-0.1, -0.05) is 167 Å². The van der Waals surface area contributed by atoms with E-state index in [9.17, 15) is 19.0 Å². The Morgan fingerprint density at radius 3 is 1.31 bits per heavy atom. The minimum atomic E-state index is -4.38. The van der Waals surface area contributed by atoms with Crippen molar-refractivity contribution in [3.8, 4) is 0 Å². The summed E-state index contributed by atoms with van der Waals surface area (Å²) in [5.41, 5.74) is 5.35. The fraction of sp³-hybridized carbons (Fsp3) is 0.867. The maximum Gasteiger partial charge on any atom is 0.472 e. The van der Waals surface area contributed by atoms with Crippen molar-refractivity contribution in [2.75, 3.05) is 26.4 Å². The third kappa shape index (κ3) is 41.9. The summed E-state index contributed by atoms with van der Waals surface area (Å²) in [4.78, 5) is 34.9. The van der Waals surface area contributed by atoms with Gasteiger partial charge in [0.15, 0.2) is 6.10 Å². The van der Waals surface area contributed by atoms with Crippen LogP contribution in [0.3, 0.4) is 0 Å². The van der Waals surface area contributed by atoms with Gasteiger partial charge in [-0.2, -0.15) is 0 Å². The first-order chi connectivity index (χ1) is 26.8. The van der Waals surface area contributed by atoms with Crippen LogP contribution in [0.4, 0.5) is 0 Å². The topological polar surface area (TPSA) is 134 Å². The molecule has 0 saturated carbocycles. The Labute approximate surface area is 338 Å². The summed E-state index contributed by atoms with van der Waals surface area (Å²) < 4.78 is 32.8. The van der Waals surface area contributed by atoms with Crippen LogP contribution < -0.4 is 5.73 Å². The number of unbranched alkanes of at least 4 members (excludes halogenated alkanes) is 26. The maximum absolute atomic E-state index is 12.6. The van der Waals surface area contributed by atoms with Crippen LogP contribution in [-0.2, 0) is 32.7 Å². The third-order valence-electron chi connectivity index (χ3n) is 9.81. The number of ether oxygens (including phenoxy) is 2. The van der Waals surface area contributed by atoms with Gasteiger partial charge >= 0.3 is 19.8 Å². The van der Waals surface area contributed by atoms with E-state index in [4.69, 9.17) is 24.3 Å². The summed E-state index contributed by atoms with van der Waals surface area (Å²) in [5, 5.41) is 0. The highest BCUT2D eigenvalue weighted by atomic mass is 31.2. The molecule has 0 aromatic heterocycles. The van der Waals surface area contributed by atoms with E-state index in [0.717, 1.165) is 44.9 Å². The van der Waals surface area contributed by atoms with Gasteiger partial charge < -0.3 is 20.1 Å². The predicted molar refractivity (Wildman–Crippen MR) is 229 cm³/mol. The van der Waals surface area contributed by atoms with E-state index in [2.05, 4.69) is 38.2 Å². The molecule has 3 N–H and O–H groups in total. The van der Waals surface area contributed by atoms with Crippen LogP contribution >= 0.6 is 7.82 Å². The van der Waals surface area contributed by atoms with Crippen molar-refractivity contribution in [3.05, 3.63) is 24.3 Å². The molecule has 0 rings (SSSR count). The molecule has 0 aliphatic rings. The minimum Gasteiger partial charge on any atom is -0.462 e. The summed E-state index contributed by atoms with van der Waals surface area (Å²) in [6.45, 7) is 3.73. The zero-order valence-corrected chi connectivity index (χ0v) is 36.6. The van der Waals surface area contributed by atoms with Crippen LogP contribution in [0.1, 0.15) is 219 Å². The Morgan fingerprint density at radius 2 is 0.891 bits per heavy atom. The molecule has 10 heteroatoms. The highest BCUT2D eigenvalue weighted by Gasteiger charge is 2.26. The molecule has 0 saturated heterocycles. The number of nitrogens with two attached hydrogens (primary N) is 1. The van der Waals surface area contributed by atoms with E-state index < -0.39 is 26.5 Å². The zero-order valence-electron chi connectivity index (χ0n) is 35.7. The highest BCUT2D eigenvalue weighted by molar-refractivity contribution is 7.47. The summed E-state index contributed by atoms with van der Waals surface area (Å²) in [7, 11) is -4.38. The summed E-state index contributed by atoms with van der Waals surface area (Å²) in [5.74, 6) is -0.829. The second kappa shape index (κ2) is 42.1. The Kier molecular flexibility index (Phi) is 40.9. The first kappa shape index (κ1) is 53.5. The number of hydrogen-bond acceptors (Lipinski definition) is 8. The largest absolute Gasteiger partial charge is 0.472 e. The zero-order chi connectivity index (χ0) is 40.3. The first-order valence-electron chi connectivity index (χ1n) is 22.8. The van der Waals surface area contributed by atoms with Gasteiger partial charge in [-0.25, -0.2) is 4.57 Å². The second-order valence-corrected chi connectivity index (χ2v) is 16.7. The third-order valence-corrected chi connectivity index (χ3v) is 10.8. The quantitative estimate of drug-likeness (QED) is 0.0267. The monoisotopic (exact) mass is 800 g/mol. The van der Waals surface area contributed by atoms with Crippen LogP contribution in [0, 0.1) is 0 Å². The van der Waals surface area contributed by atoms with E-state index in [1.165, 1.54) is 141 Å². The standard InChI is InChI=1S/C45H86NO8P/c1-3-5-7-9-11-13-15-17-19-20-21-22-24-25-27-29-31-33-35-37-44(47)51-41-43(42-53-55(49,50)52-40-39-46)54-45(48)38-36-34-32-30-28-26-23-18-16-14-12-10-8-6-4-2/h14,16-17,19,43H,3-13,15,18,20-42,46H2,1-2H3,(H,49,50)/b16-14-,19-17-/t43-/m1/s1. The van der Waals surface area contributed by atoms with Crippen LogP contribution in [0.25, 0.3) is 0 Å². The van der Waals surface area contributed by atoms with Crippen molar-refractivity contribution in [1.82, 2.24) is 0 Å². The molecule has 0 aromatic rings. The summed E-state index contributed by atoms with van der Waals surface area (Å²) >= 11 is 0. The average molecular weight is 800 g/mol. The smallest absolute Gasteiger partial charge is 0.462 e. The molecule has 0 aliphatic heterocycles. The van der Waals surface area contributed by atoms with Gasteiger partial charge in [-0.15, -0.1) is 0 Å². The molecule has 2 atom stereocenters. The Morgan fingerprint density at radius 1 is 0.527 bits per heavy atom. The van der Waals surface area contributed by atoms with Gasteiger partial charge in [-0.05, 0) is 64.2 Å². The van der Waals surface area contributed by atoms with E-state index in [1.54, 1.807) is 0 Å².